The second kappa shape index (κ2) is 5.70. The molecule has 0 unspecified atom stereocenters. The molecule has 1 aromatic carbocycles. The zero-order chi connectivity index (χ0) is 12.1. The molecule has 2 aromatic rings. The van der Waals surface area contributed by atoms with E-state index in [0.717, 1.165) is 17.1 Å². The maximum absolute atomic E-state index is 5.68. The lowest BCUT2D eigenvalue weighted by Crippen LogP contribution is -2.03. The normalized spacial score (nSPS) is 10.2. The number of benzene rings is 1. The zero-order valence-corrected chi connectivity index (χ0v) is 10.5. The number of rotatable bonds is 4. The monoisotopic (exact) mass is 245 g/mol. The Hall–Kier alpha value is -1.52. The molecule has 1 aromatic heterocycles. The van der Waals surface area contributed by atoms with Gasteiger partial charge in [-0.3, -0.25) is 0 Å². The van der Waals surface area contributed by atoms with Crippen molar-refractivity contribution in [1.29, 1.82) is 0 Å². The van der Waals surface area contributed by atoms with Crippen LogP contribution in [0.1, 0.15) is 5.56 Å². The number of hydrogen-bond acceptors (Lipinski definition) is 4. The Bertz CT molecular complexity index is 500. The molecule has 0 aliphatic heterocycles. The Kier molecular flexibility index (Phi) is 4.01. The van der Waals surface area contributed by atoms with E-state index in [1.807, 2.05) is 24.3 Å². The molecule has 17 heavy (non-hydrogen) atoms. The van der Waals surface area contributed by atoms with Crippen molar-refractivity contribution < 1.29 is 0 Å². The van der Waals surface area contributed by atoms with Crippen molar-refractivity contribution in [1.82, 2.24) is 4.98 Å². The lowest BCUT2D eigenvalue weighted by Gasteiger charge is -2.10. The topological polar surface area (TPSA) is 50.9 Å². The molecule has 0 aliphatic carbocycles. The van der Waals surface area contributed by atoms with Crippen LogP contribution in [-0.2, 0) is 6.54 Å². The van der Waals surface area contributed by atoms with Crippen LogP contribution in [-0.4, -0.2) is 11.2 Å². The van der Waals surface area contributed by atoms with E-state index in [1.54, 1.807) is 18.0 Å². The third-order valence-corrected chi connectivity index (χ3v) is 3.17. The first-order chi connectivity index (χ1) is 8.33. The van der Waals surface area contributed by atoms with E-state index in [4.69, 9.17) is 5.73 Å². The summed E-state index contributed by atoms with van der Waals surface area (Å²) in [6, 6.07) is 12.1. The number of nitrogens with two attached hydrogens (primary N) is 1. The van der Waals surface area contributed by atoms with E-state index >= 15 is 0 Å². The van der Waals surface area contributed by atoms with Gasteiger partial charge in [0.1, 0.15) is 5.82 Å². The molecule has 4 heteroatoms. The Labute approximate surface area is 105 Å². The minimum atomic E-state index is 0.485. The van der Waals surface area contributed by atoms with Crippen molar-refractivity contribution in [2.45, 2.75) is 11.4 Å². The fourth-order valence-corrected chi connectivity index (χ4v) is 2.01. The molecule has 88 valence electrons. The predicted octanol–water partition coefficient (Wildman–Crippen LogP) is 3.01. The Morgan fingerprint density at radius 1 is 1.29 bits per heavy atom. The van der Waals surface area contributed by atoms with Crippen molar-refractivity contribution in [2.24, 2.45) is 5.73 Å². The Morgan fingerprint density at radius 3 is 2.94 bits per heavy atom. The molecule has 0 spiro atoms. The summed E-state index contributed by atoms with van der Waals surface area (Å²) in [5.74, 6) is 0.827. The number of nitrogens with zero attached hydrogens (tertiary/aromatic N) is 1. The van der Waals surface area contributed by atoms with Gasteiger partial charge >= 0.3 is 0 Å². The van der Waals surface area contributed by atoms with Crippen LogP contribution in [0.3, 0.4) is 0 Å². The van der Waals surface area contributed by atoms with E-state index in [0.29, 0.717) is 6.54 Å². The van der Waals surface area contributed by atoms with Gasteiger partial charge in [-0.2, -0.15) is 0 Å². The molecular formula is C13H15N3S. The van der Waals surface area contributed by atoms with Crippen LogP contribution in [0, 0.1) is 0 Å². The smallest absolute Gasteiger partial charge is 0.134 e. The van der Waals surface area contributed by atoms with E-state index in [-0.39, 0.29) is 0 Å². The van der Waals surface area contributed by atoms with Crippen molar-refractivity contribution in [3.05, 3.63) is 48.2 Å². The van der Waals surface area contributed by atoms with Gasteiger partial charge in [0.05, 0.1) is 0 Å². The minimum Gasteiger partial charge on any atom is -0.340 e. The Morgan fingerprint density at radius 2 is 2.18 bits per heavy atom. The number of hydrogen-bond donors (Lipinski definition) is 2. The summed E-state index contributed by atoms with van der Waals surface area (Å²) in [5.41, 5.74) is 7.72. The fourth-order valence-electron chi connectivity index (χ4n) is 1.55. The highest BCUT2D eigenvalue weighted by Crippen LogP contribution is 2.22. The SMILES string of the molecule is CSc1cccc(Nc2ncccc2CN)c1. The van der Waals surface area contributed by atoms with Gasteiger partial charge in [0, 0.05) is 28.9 Å². The summed E-state index contributed by atoms with van der Waals surface area (Å²) < 4.78 is 0. The van der Waals surface area contributed by atoms with E-state index in [2.05, 4.69) is 28.7 Å². The first-order valence-corrected chi connectivity index (χ1v) is 6.61. The highest BCUT2D eigenvalue weighted by Gasteiger charge is 2.02. The highest BCUT2D eigenvalue weighted by molar-refractivity contribution is 7.98. The molecule has 0 aliphatic rings. The molecule has 3 N–H and O–H groups in total. The van der Waals surface area contributed by atoms with E-state index in [9.17, 15) is 0 Å². The maximum Gasteiger partial charge on any atom is 0.134 e. The number of anilines is 2. The second-order valence-electron chi connectivity index (χ2n) is 3.57. The highest BCUT2D eigenvalue weighted by atomic mass is 32.2. The first-order valence-electron chi connectivity index (χ1n) is 5.38. The average molecular weight is 245 g/mol. The summed E-state index contributed by atoms with van der Waals surface area (Å²) in [4.78, 5) is 5.52. The van der Waals surface area contributed by atoms with Gasteiger partial charge in [-0.15, -0.1) is 11.8 Å². The molecule has 0 atom stereocenters. The van der Waals surface area contributed by atoms with Crippen LogP contribution < -0.4 is 11.1 Å². The standard InChI is InChI=1S/C13H15N3S/c1-17-12-6-2-5-11(8-12)16-13-10(9-14)4-3-7-15-13/h2-8H,9,14H2,1H3,(H,15,16). The van der Waals surface area contributed by atoms with Gasteiger partial charge in [0.15, 0.2) is 0 Å². The van der Waals surface area contributed by atoms with Crippen molar-refractivity contribution in [2.75, 3.05) is 11.6 Å². The quantitative estimate of drug-likeness (QED) is 0.813. The lowest BCUT2D eigenvalue weighted by molar-refractivity contribution is 1.05. The third-order valence-electron chi connectivity index (χ3n) is 2.44. The molecule has 3 nitrogen and oxygen atoms in total. The van der Waals surface area contributed by atoms with Gasteiger partial charge in [0.2, 0.25) is 0 Å². The van der Waals surface area contributed by atoms with E-state index < -0.39 is 0 Å². The summed E-state index contributed by atoms with van der Waals surface area (Å²) >= 11 is 1.72. The third kappa shape index (κ3) is 2.99. The summed E-state index contributed by atoms with van der Waals surface area (Å²) in [6.45, 7) is 0.485. The molecule has 0 radical (unpaired) electrons. The minimum absolute atomic E-state index is 0.485. The number of pyridine rings is 1. The molecule has 0 amide bonds. The van der Waals surface area contributed by atoms with Crippen LogP contribution >= 0.6 is 11.8 Å². The van der Waals surface area contributed by atoms with Crippen LogP contribution in [0.25, 0.3) is 0 Å². The second-order valence-corrected chi connectivity index (χ2v) is 4.45. The first kappa shape index (κ1) is 12.0. The maximum atomic E-state index is 5.68. The molecule has 0 bridgehead atoms. The van der Waals surface area contributed by atoms with Crippen molar-refractivity contribution >= 4 is 23.3 Å². The van der Waals surface area contributed by atoms with Gasteiger partial charge in [-0.25, -0.2) is 4.98 Å². The fraction of sp³-hybridized carbons (Fsp3) is 0.154. The van der Waals surface area contributed by atoms with Crippen LogP contribution in [0.5, 0.6) is 0 Å². The molecule has 2 rings (SSSR count). The van der Waals surface area contributed by atoms with E-state index in [1.165, 1.54) is 4.90 Å². The van der Waals surface area contributed by atoms with Crippen LogP contribution in [0.4, 0.5) is 11.5 Å². The molecule has 0 saturated heterocycles. The summed E-state index contributed by atoms with van der Waals surface area (Å²) in [7, 11) is 0. The molecule has 1 heterocycles. The number of thioether (sulfide) groups is 1. The van der Waals surface area contributed by atoms with Crippen molar-refractivity contribution in [3.63, 3.8) is 0 Å². The summed E-state index contributed by atoms with van der Waals surface area (Å²) in [5, 5.41) is 3.29. The van der Waals surface area contributed by atoms with Gasteiger partial charge in [-0.1, -0.05) is 12.1 Å². The molecule has 0 saturated carbocycles. The van der Waals surface area contributed by atoms with Gasteiger partial charge in [0.25, 0.3) is 0 Å². The summed E-state index contributed by atoms with van der Waals surface area (Å²) in [6.07, 6.45) is 3.82. The number of nitrogens with one attached hydrogen (secondary N) is 1. The van der Waals surface area contributed by atoms with Gasteiger partial charge in [-0.05, 0) is 30.5 Å². The molecular weight excluding hydrogens is 230 g/mol. The van der Waals surface area contributed by atoms with Gasteiger partial charge < -0.3 is 11.1 Å². The zero-order valence-electron chi connectivity index (χ0n) is 9.68. The molecule has 0 fully saturated rings. The predicted molar refractivity (Wildman–Crippen MR) is 73.6 cm³/mol. The van der Waals surface area contributed by atoms with Crippen molar-refractivity contribution in [3.8, 4) is 0 Å². The Balaban J connectivity index is 2.24. The number of aromatic nitrogens is 1. The van der Waals surface area contributed by atoms with Crippen LogP contribution in [0.2, 0.25) is 0 Å². The van der Waals surface area contributed by atoms with Crippen LogP contribution in [0.15, 0.2) is 47.5 Å². The lowest BCUT2D eigenvalue weighted by atomic mass is 10.2. The largest absolute Gasteiger partial charge is 0.340 e. The average Bonchev–Trinajstić information content (AvgIpc) is 2.39.